The normalized spacial score (nSPS) is 10.8. The standard InChI is InChI=1S/C14H13N3OS.ClH/c1-8(2)9-7-19-12-11(9)16-13(17-14(12)18)10-5-3-4-6-15-10;/h3-8H,1-2H3,(H,16,17,18);1H. The summed E-state index contributed by atoms with van der Waals surface area (Å²) in [5.41, 5.74) is 2.50. The zero-order valence-corrected chi connectivity index (χ0v) is 12.7. The number of pyridine rings is 1. The molecule has 3 aromatic rings. The molecule has 4 nitrogen and oxygen atoms in total. The topological polar surface area (TPSA) is 58.6 Å². The Morgan fingerprint density at radius 3 is 2.75 bits per heavy atom. The fourth-order valence-electron chi connectivity index (χ4n) is 1.98. The summed E-state index contributed by atoms with van der Waals surface area (Å²) in [5.74, 6) is 0.873. The highest BCUT2D eigenvalue weighted by molar-refractivity contribution is 7.17. The van der Waals surface area contributed by atoms with Gasteiger partial charge in [-0.3, -0.25) is 9.78 Å². The Morgan fingerprint density at radius 1 is 1.30 bits per heavy atom. The number of fused-ring (bicyclic) bond motifs is 1. The summed E-state index contributed by atoms with van der Waals surface area (Å²) >= 11 is 1.45. The second-order valence-corrected chi connectivity index (χ2v) is 5.53. The number of H-pyrrole nitrogens is 1. The highest BCUT2D eigenvalue weighted by Gasteiger charge is 2.14. The van der Waals surface area contributed by atoms with Crippen molar-refractivity contribution in [2.24, 2.45) is 0 Å². The van der Waals surface area contributed by atoms with E-state index in [1.807, 2.05) is 23.6 Å². The summed E-state index contributed by atoms with van der Waals surface area (Å²) in [6.45, 7) is 4.20. The van der Waals surface area contributed by atoms with Crippen LogP contribution in [0.15, 0.2) is 34.6 Å². The van der Waals surface area contributed by atoms with E-state index < -0.39 is 0 Å². The lowest BCUT2D eigenvalue weighted by Gasteiger charge is -2.04. The van der Waals surface area contributed by atoms with Crippen LogP contribution in [0.5, 0.6) is 0 Å². The lowest BCUT2D eigenvalue weighted by atomic mass is 10.1. The Bertz CT molecular complexity index is 780. The van der Waals surface area contributed by atoms with Crippen molar-refractivity contribution < 1.29 is 0 Å². The Hall–Kier alpha value is -1.72. The molecule has 0 aliphatic heterocycles. The molecule has 0 radical (unpaired) electrons. The van der Waals surface area contributed by atoms with Gasteiger partial charge in [-0.05, 0) is 29.0 Å². The van der Waals surface area contributed by atoms with Crippen LogP contribution in [-0.4, -0.2) is 15.0 Å². The van der Waals surface area contributed by atoms with Crippen LogP contribution in [-0.2, 0) is 0 Å². The van der Waals surface area contributed by atoms with Crippen molar-refractivity contribution in [1.82, 2.24) is 15.0 Å². The molecule has 0 saturated carbocycles. The molecular weight excluding hydrogens is 294 g/mol. The number of thiophene rings is 1. The molecular formula is C14H14ClN3OS. The molecule has 6 heteroatoms. The van der Waals surface area contributed by atoms with Gasteiger partial charge >= 0.3 is 0 Å². The fraction of sp³-hybridized carbons (Fsp3) is 0.214. The SMILES string of the molecule is CC(C)c1csc2c(=O)[nH]c(-c3ccccn3)nc12.Cl. The van der Waals surface area contributed by atoms with Crippen LogP contribution >= 0.6 is 23.7 Å². The summed E-state index contributed by atoms with van der Waals surface area (Å²) in [6.07, 6.45) is 1.69. The van der Waals surface area contributed by atoms with Gasteiger partial charge in [-0.2, -0.15) is 0 Å². The van der Waals surface area contributed by atoms with E-state index in [1.54, 1.807) is 6.20 Å². The van der Waals surface area contributed by atoms with Crippen LogP contribution in [0.3, 0.4) is 0 Å². The van der Waals surface area contributed by atoms with Crippen LogP contribution in [0.25, 0.3) is 21.7 Å². The summed E-state index contributed by atoms with van der Waals surface area (Å²) in [5, 5.41) is 2.01. The number of hydrogen-bond acceptors (Lipinski definition) is 4. The van der Waals surface area contributed by atoms with Crippen LogP contribution in [0.2, 0.25) is 0 Å². The summed E-state index contributed by atoms with van der Waals surface area (Å²) in [4.78, 5) is 23.7. The molecule has 3 heterocycles. The third kappa shape index (κ3) is 2.46. The average molecular weight is 308 g/mol. The van der Waals surface area contributed by atoms with E-state index in [-0.39, 0.29) is 18.0 Å². The minimum absolute atomic E-state index is 0. The van der Waals surface area contributed by atoms with E-state index in [9.17, 15) is 4.79 Å². The molecule has 3 rings (SSSR count). The first-order chi connectivity index (χ1) is 9.16. The van der Waals surface area contributed by atoms with E-state index >= 15 is 0 Å². The van der Waals surface area contributed by atoms with Gasteiger partial charge < -0.3 is 4.98 Å². The molecule has 20 heavy (non-hydrogen) atoms. The van der Waals surface area contributed by atoms with Crippen molar-refractivity contribution in [1.29, 1.82) is 0 Å². The van der Waals surface area contributed by atoms with Gasteiger partial charge in [0.15, 0.2) is 5.82 Å². The van der Waals surface area contributed by atoms with Gasteiger partial charge in [0, 0.05) is 6.20 Å². The molecule has 0 aromatic carbocycles. The number of aromatic amines is 1. The molecule has 3 aromatic heterocycles. The Labute approximate surface area is 126 Å². The molecule has 0 amide bonds. The lowest BCUT2D eigenvalue weighted by molar-refractivity contribution is 0.876. The Balaban J connectivity index is 0.00000147. The monoisotopic (exact) mass is 307 g/mol. The molecule has 0 bridgehead atoms. The van der Waals surface area contributed by atoms with E-state index in [1.165, 1.54) is 11.3 Å². The number of nitrogens with one attached hydrogen (secondary N) is 1. The largest absolute Gasteiger partial charge is 0.304 e. The van der Waals surface area contributed by atoms with Crippen molar-refractivity contribution in [3.63, 3.8) is 0 Å². The van der Waals surface area contributed by atoms with Gasteiger partial charge in [-0.15, -0.1) is 23.7 Å². The minimum atomic E-state index is -0.0949. The average Bonchev–Trinajstić information content (AvgIpc) is 2.84. The van der Waals surface area contributed by atoms with Gasteiger partial charge in [-0.25, -0.2) is 4.98 Å². The Morgan fingerprint density at radius 2 is 2.10 bits per heavy atom. The van der Waals surface area contributed by atoms with Crippen LogP contribution < -0.4 is 5.56 Å². The number of aromatic nitrogens is 3. The van der Waals surface area contributed by atoms with E-state index in [0.717, 1.165) is 11.1 Å². The van der Waals surface area contributed by atoms with Gasteiger partial charge in [0.2, 0.25) is 0 Å². The third-order valence-corrected chi connectivity index (χ3v) is 3.97. The summed E-state index contributed by atoms with van der Waals surface area (Å²) in [6, 6.07) is 5.55. The maximum atomic E-state index is 12.1. The highest BCUT2D eigenvalue weighted by atomic mass is 35.5. The number of hydrogen-bond donors (Lipinski definition) is 1. The predicted octanol–water partition coefficient (Wildman–Crippen LogP) is 3.59. The van der Waals surface area contributed by atoms with Crippen molar-refractivity contribution in [3.05, 3.63) is 45.7 Å². The summed E-state index contributed by atoms with van der Waals surface area (Å²) in [7, 11) is 0. The van der Waals surface area contributed by atoms with Gasteiger partial charge in [0.05, 0.1) is 5.52 Å². The third-order valence-electron chi connectivity index (χ3n) is 2.98. The molecule has 1 N–H and O–H groups in total. The molecule has 0 atom stereocenters. The van der Waals surface area contributed by atoms with Crippen molar-refractivity contribution >= 4 is 34.0 Å². The smallest absolute Gasteiger partial charge is 0.269 e. The van der Waals surface area contributed by atoms with Crippen LogP contribution in [0, 0.1) is 0 Å². The predicted molar refractivity (Wildman–Crippen MR) is 84.8 cm³/mol. The number of nitrogens with zero attached hydrogens (tertiary/aromatic N) is 2. The number of rotatable bonds is 2. The van der Waals surface area contributed by atoms with Gasteiger partial charge in [0.25, 0.3) is 5.56 Å². The van der Waals surface area contributed by atoms with Crippen molar-refractivity contribution in [3.8, 4) is 11.5 Å². The molecule has 0 unspecified atom stereocenters. The first-order valence-electron chi connectivity index (χ1n) is 6.09. The first-order valence-corrected chi connectivity index (χ1v) is 6.97. The van der Waals surface area contributed by atoms with E-state index in [0.29, 0.717) is 22.1 Å². The molecule has 0 aliphatic carbocycles. The van der Waals surface area contributed by atoms with E-state index in [2.05, 4.69) is 28.8 Å². The van der Waals surface area contributed by atoms with Crippen LogP contribution in [0.4, 0.5) is 0 Å². The second-order valence-electron chi connectivity index (χ2n) is 4.65. The molecule has 0 saturated heterocycles. The fourth-order valence-corrected chi connectivity index (χ4v) is 3.04. The lowest BCUT2D eigenvalue weighted by Crippen LogP contribution is -2.08. The maximum absolute atomic E-state index is 12.1. The van der Waals surface area contributed by atoms with Gasteiger partial charge in [-0.1, -0.05) is 19.9 Å². The summed E-state index contributed by atoms with van der Waals surface area (Å²) < 4.78 is 0.684. The zero-order valence-electron chi connectivity index (χ0n) is 11.1. The molecule has 0 spiro atoms. The highest BCUT2D eigenvalue weighted by Crippen LogP contribution is 2.28. The van der Waals surface area contributed by atoms with Crippen molar-refractivity contribution in [2.45, 2.75) is 19.8 Å². The van der Waals surface area contributed by atoms with Crippen molar-refractivity contribution in [2.75, 3.05) is 0 Å². The quantitative estimate of drug-likeness (QED) is 0.787. The second kappa shape index (κ2) is 5.73. The Kier molecular flexibility index (Phi) is 4.20. The molecule has 0 fully saturated rings. The molecule has 0 aliphatic rings. The van der Waals surface area contributed by atoms with E-state index in [4.69, 9.17) is 0 Å². The van der Waals surface area contributed by atoms with Gasteiger partial charge in [0.1, 0.15) is 10.4 Å². The molecule has 104 valence electrons. The first kappa shape index (κ1) is 14.7. The minimum Gasteiger partial charge on any atom is -0.304 e. The zero-order chi connectivity index (χ0) is 13.4. The maximum Gasteiger partial charge on any atom is 0.269 e. The number of halogens is 1. The van der Waals surface area contributed by atoms with Crippen LogP contribution in [0.1, 0.15) is 25.3 Å².